The van der Waals surface area contributed by atoms with Crippen molar-refractivity contribution >= 4 is 11.6 Å². The van der Waals surface area contributed by atoms with E-state index in [1.165, 1.54) is 11.1 Å². The van der Waals surface area contributed by atoms with E-state index >= 15 is 0 Å². The van der Waals surface area contributed by atoms with Gasteiger partial charge in [0.25, 0.3) is 5.91 Å². The molecule has 3 aromatic rings. The second-order valence-electron chi connectivity index (χ2n) is 10.5. The van der Waals surface area contributed by atoms with E-state index in [1.54, 1.807) is 19.2 Å². The summed E-state index contributed by atoms with van der Waals surface area (Å²) in [5.74, 6) is 1.42. The minimum Gasteiger partial charge on any atom is -0.497 e. The number of benzene rings is 3. The van der Waals surface area contributed by atoms with E-state index in [4.69, 9.17) is 14.6 Å². The smallest absolute Gasteiger partial charge is 0.257 e. The van der Waals surface area contributed by atoms with Crippen molar-refractivity contribution in [2.45, 2.75) is 32.9 Å². The van der Waals surface area contributed by atoms with Crippen molar-refractivity contribution in [3.8, 4) is 11.5 Å². The predicted octanol–water partition coefficient (Wildman–Crippen LogP) is 4.82. The fraction of sp³-hybridized carbons (Fsp3) is 0.375. The lowest BCUT2D eigenvalue weighted by Crippen LogP contribution is -2.49. The van der Waals surface area contributed by atoms with Gasteiger partial charge >= 0.3 is 0 Å². The van der Waals surface area contributed by atoms with Crippen molar-refractivity contribution in [2.75, 3.05) is 46.9 Å². The molecular weight excluding hydrogens is 488 g/mol. The predicted molar refractivity (Wildman–Crippen MR) is 154 cm³/mol. The standard InChI is InChI=1S/C32H38N4O3/c1-23-10-12-27(24(2)18-23)29-20-30(28-13-11-26(38-3)19-31(28)39-4)36(33-29)32(37)22-35-16-14-34(15-17-35)21-25-8-6-5-7-9-25/h5-13,18-19,30H,14-17,20-22H2,1-4H3/t30-/m0/s1. The number of aryl methyl sites for hydroxylation is 2. The molecule has 39 heavy (non-hydrogen) atoms. The van der Waals surface area contributed by atoms with Crippen LogP contribution in [0, 0.1) is 13.8 Å². The first kappa shape index (κ1) is 26.9. The van der Waals surface area contributed by atoms with Gasteiger partial charge in [0.15, 0.2) is 0 Å². The van der Waals surface area contributed by atoms with E-state index in [9.17, 15) is 4.79 Å². The van der Waals surface area contributed by atoms with Crippen molar-refractivity contribution in [2.24, 2.45) is 5.10 Å². The third-order valence-corrected chi connectivity index (χ3v) is 7.73. The van der Waals surface area contributed by atoms with Gasteiger partial charge in [0.2, 0.25) is 0 Å². The third kappa shape index (κ3) is 6.15. The number of hydrazone groups is 1. The molecular formula is C32H38N4O3. The lowest BCUT2D eigenvalue weighted by molar-refractivity contribution is -0.134. The highest BCUT2D eigenvalue weighted by atomic mass is 16.5. The molecule has 0 aliphatic carbocycles. The summed E-state index contributed by atoms with van der Waals surface area (Å²) in [6.45, 7) is 9.08. The fourth-order valence-electron chi connectivity index (χ4n) is 5.59. The Morgan fingerprint density at radius 3 is 2.33 bits per heavy atom. The Hall–Kier alpha value is -3.68. The van der Waals surface area contributed by atoms with Crippen LogP contribution in [0.4, 0.5) is 0 Å². The van der Waals surface area contributed by atoms with Gasteiger partial charge in [-0.05, 0) is 37.1 Å². The second-order valence-corrected chi connectivity index (χ2v) is 10.5. The molecule has 0 radical (unpaired) electrons. The van der Waals surface area contributed by atoms with Crippen LogP contribution in [0.15, 0.2) is 71.8 Å². The number of nitrogens with zero attached hydrogens (tertiary/aromatic N) is 4. The van der Waals surface area contributed by atoms with Crippen molar-refractivity contribution in [3.05, 3.63) is 94.5 Å². The van der Waals surface area contributed by atoms with Gasteiger partial charge in [0.05, 0.1) is 32.5 Å². The first-order valence-electron chi connectivity index (χ1n) is 13.6. The molecule has 1 saturated heterocycles. The molecule has 0 bridgehead atoms. The number of hydrogen-bond donors (Lipinski definition) is 0. The molecule has 204 valence electrons. The molecule has 3 aromatic carbocycles. The Kier molecular flexibility index (Phi) is 8.29. The highest BCUT2D eigenvalue weighted by Crippen LogP contribution is 2.39. The molecule has 0 N–H and O–H groups in total. The molecule has 1 amide bonds. The summed E-state index contributed by atoms with van der Waals surface area (Å²) in [6.07, 6.45) is 0.628. The Bertz CT molecular complexity index is 1330. The molecule has 1 atom stereocenters. The van der Waals surface area contributed by atoms with Crippen molar-refractivity contribution in [1.82, 2.24) is 14.8 Å². The topological polar surface area (TPSA) is 57.6 Å². The molecule has 5 rings (SSSR count). The van der Waals surface area contributed by atoms with E-state index in [0.717, 1.165) is 60.9 Å². The van der Waals surface area contributed by atoms with E-state index < -0.39 is 0 Å². The van der Waals surface area contributed by atoms with Gasteiger partial charge in [0.1, 0.15) is 11.5 Å². The Morgan fingerprint density at radius 1 is 0.897 bits per heavy atom. The van der Waals surface area contributed by atoms with Crippen LogP contribution in [-0.2, 0) is 11.3 Å². The first-order valence-corrected chi connectivity index (χ1v) is 13.6. The molecule has 7 nitrogen and oxygen atoms in total. The van der Waals surface area contributed by atoms with Gasteiger partial charge in [-0.25, -0.2) is 5.01 Å². The molecule has 2 aliphatic rings. The molecule has 0 aromatic heterocycles. The maximum atomic E-state index is 13.8. The number of piperazine rings is 1. The average Bonchev–Trinajstić information content (AvgIpc) is 3.39. The SMILES string of the molecule is COc1ccc([C@@H]2CC(c3ccc(C)cc3C)=NN2C(=O)CN2CCN(Cc3ccccc3)CC2)c(OC)c1. The highest BCUT2D eigenvalue weighted by Gasteiger charge is 2.36. The monoisotopic (exact) mass is 526 g/mol. The first-order chi connectivity index (χ1) is 18.9. The number of ether oxygens (including phenoxy) is 2. The van der Waals surface area contributed by atoms with Crippen LogP contribution >= 0.6 is 0 Å². The molecule has 0 unspecified atom stereocenters. The Balaban J connectivity index is 1.34. The minimum atomic E-state index is -0.242. The van der Waals surface area contributed by atoms with Crippen LogP contribution in [0.1, 0.15) is 40.3 Å². The van der Waals surface area contributed by atoms with Gasteiger partial charge in [-0.1, -0.05) is 54.1 Å². The summed E-state index contributed by atoms with van der Waals surface area (Å²) in [4.78, 5) is 18.5. The van der Waals surface area contributed by atoms with Crippen LogP contribution in [0.5, 0.6) is 11.5 Å². The lowest BCUT2D eigenvalue weighted by Gasteiger charge is -2.35. The minimum absolute atomic E-state index is 0.00847. The number of amides is 1. The van der Waals surface area contributed by atoms with E-state index in [-0.39, 0.29) is 11.9 Å². The molecule has 2 heterocycles. The van der Waals surface area contributed by atoms with E-state index in [0.29, 0.717) is 18.7 Å². The summed E-state index contributed by atoms with van der Waals surface area (Å²) < 4.78 is 11.1. The number of hydrogen-bond acceptors (Lipinski definition) is 6. The number of carbonyl (C=O) groups is 1. The van der Waals surface area contributed by atoms with Gasteiger partial charge in [-0.2, -0.15) is 5.10 Å². The van der Waals surface area contributed by atoms with Gasteiger partial charge in [-0.15, -0.1) is 0 Å². The number of carbonyl (C=O) groups excluding carboxylic acids is 1. The molecule has 7 heteroatoms. The zero-order chi connectivity index (χ0) is 27.4. The van der Waals surface area contributed by atoms with Crippen molar-refractivity contribution in [3.63, 3.8) is 0 Å². The Labute approximate surface area is 231 Å². The second kappa shape index (κ2) is 12.0. The Morgan fingerprint density at radius 2 is 1.64 bits per heavy atom. The fourth-order valence-corrected chi connectivity index (χ4v) is 5.59. The van der Waals surface area contributed by atoms with E-state index in [1.807, 2.05) is 24.3 Å². The number of methoxy groups -OCH3 is 2. The molecule has 0 saturated carbocycles. The maximum absolute atomic E-state index is 13.8. The van der Waals surface area contributed by atoms with Crippen molar-refractivity contribution < 1.29 is 14.3 Å². The van der Waals surface area contributed by atoms with Crippen LogP contribution in [0.25, 0.3) is 0 Å². The summed E-state index contributed by atoms with van der Waals surface area (Å²) in [5.41, 5.74) is 6.64. The summed E-state index contributed by atoms with van der Waals surface area (Å²) in [5, 5.41) is 6.63. The van der Waals surface area contributed by atoms with E-state index in [2.05, 4.69) is 66.1 Å². The van der Waals surface area contributed by atoms with Crippen LogP contribution in [-0.4, -0.2) is 73.4 Å². The van der Waals surface area contributed by atoms with Gasteiger partial charge in [-0.3, -0.25) is 14.6 Å². The molecule has 2 aliphatic heterocycles. The van der Waals surface area contributed by atoms with Crippen molar-refractivity contribution in [1.29, 1.82) is 0 Å². The van der Waals surface area contributed by atoms with Gasteiger partial charge in [0, 0.05) is 56.3 Å². The average molecular weight is 527 g/mol. The van der Waals surface area contributed by atoms with Crippen LogP contribution < -0.4 is 9.47 Å². The summed E-state index contributed by atoms with van der Waals surface area (Å²) >= 11 is 0. The maximum Gasteiger partial charge on any atom is 0.257 e. The largest absolute Gasteiger partial charge is 0.497 e. The highest BCUT2D eigenvalue weighted by molar-refractivity contribution is 6.04. The van der Waals surface area contributed by atoms with Gasteiger partial charge < -0.3 is 9.47 Å². The zero-order valence-electron chi connectivity index (χ0n) is 23.4. The zero-order valence-corrected chi connectivity index (χ0v) is 23.4. The number of rotatable bonds is 8. The quantitative estimate of drug-likeness (QED) is 0.422. The van der Waals surface area contributed by atoms with Crippen LogP contribution in [0.3, 0.4) is 0 Å². The summed E-state index contributed by atoms with van der Waals surface area (Å²) in [7, 11) is 3.29. The lowest BCUT2D eigenvalue weighted by atomic mass is 9.94. The van der Waals surface area contributed by atoms with Crippen LogP contribution in [0.2, 0.25) is 0 Å². The normalized spacial score (nSPS) is 18.2. The molecule has 0 spiro atoms. The third-order valence-electron chi connectivity index (χ3n) is 7.73. The molecule has 1 fully saturated rings. The summed E-state index contributed by atoms with van der Waals surface area (Å²) in [6, 6.07) is 22.5.